The van der Waals surface area contributed by atoms with Crippen molar-refractivity contribution in [3.63, 3.8) is 0 Å². The Morgan fingerprint density at radius 2 is 2.11 bits per heavy atom. The van der Waals surface area contributed by atoms with E-state index in [9.17, 15) is 9.18 Å². The molecule has 0 aromatic heterocycles. The van der Waals surface area contributed by atoms with Crippen molar-refractivity contribution in [1.29, 1.82) is 0 Å². The van der Waals surface area contributed by atoms with E-state index in [1.54, 1.807) is 17.0 Å². The van der Waals surface area contributed by atoms with Crippen LogP contribution in [0.2, 0.25) is 0 Å². The number of aliphatic carboxylic acids is 1. The Balaban J connectivity index is 2.81. The van der Waals surface area contributed by atoms with E-state index in [1.165, 1.54) is 6.07 Å². The average molecular weight is 253 g/mol. The van der Waals surface area contributed by atoms with Crippen LogP contribution in [0.25, 0.3) is 0 Å². The molecule has 0 radical (unpaired) electrons. The second kappa shape index (κ2) is 6.50. The van der Waals surface area contributed by atoms with Crippen molar-refractivity contribution in [3.8, 4) is 0 Å². The smallest absolute Gasteiger partial charge is 0.317 e. The molecule has 1 rings (SSSR count). The molecule has 0 unspecified atom stereocenters. The van der Waals surface area contributed by atoms with Crippen LogP contribution < -0.4 is 0 Å². The fraction of sp³-hybridized carbons (Fsp3) is 0.500. The minimum Gasteiger partial charge on any atom is -0.480 e. The first-order chi connectivity index (χ1) is 8.38. The summed E-state index contributed by atoms with van der Waals surface area (Å²) in [5.41, 5.74) is 1.53. The number of rotatable bonds is 6. The van der Waals surface area contributed by atoms with Crippen molar-refractivity contribution < 1.29 is 14.3 Å². The second-order valence-corrected chi connectivity index (χ2v) is 5.05. The molecule has 0 bridgehead atoms. The monoisotopic (exact) mass is 253 g/mol. The van der Waals surface area contributed by atoms with Gasteiger partial charge < -0.3 is 5.11 Å². The summed E-state index contributed by atoms with van der Waals surface area (Å²) >= 11 is 0. The minimum absolute atomic E-state index is 0.0639. The average Bonchev–Trinajstić information content (AvgIpc) is 2.21. The Bertz CT molecular complexity index is 418. The molecule has 1 N–H and O–H groups in total. The van der Waals surface area contributed by atoms with E-state index in [-0.39, 0.29) is 12.4 Å². The van der Waals surface area contributed by atoms with Crippen molar-refractivity contribution in [1.82, 2.24) is 4.90 Å². The lowest BCUT2D eigenvalue weighted by Crippen LogP contribution is -2.32. The van der Waals surface area contributed by atoms with Gasteiger partial charge in [-0.3, -0.25) is 9.69 Å². The third-order valence-electron chi connectivity index (χ3n) is 2.58. The van der Waals surface area contributed by atoms with E-state index in [4.69, 9.17) is 5.11 Å². The topological polar surface area (TPSA) is 40.5 Å². The standard InChI is InChI=1S/C14H20FNO2/c1-10(2)7-16(9-14(17)18)8-12-6-11(3)4-5-13(12)15/h4-6,10H,7-9H2,1-3H3,(H,17,18). The van der Waals surface area contributed by atoms with E-state index in [0.29, 0.717) is 24.6 Å². The number of nitrogens with zero attached hydrogens (tertiary/aromatic N) is 1. The maximum atomic E-state index is 13.6. The van der Waals surface area contributed by atoms with Crippen molar-refractivity contribution in [2.24, 2.45) is 5.92 Å². The van der Waals surface area contributed by atoms with Crippen LogP contribution in [0.15, 0.2) is 18.2 Å². The van der Waals surface area contributed by atoms with Crippen LogP contribution in [0.5, 0.6) is 0 Å². The summed E-state index contributed by atoms with van der Waals surface area (Å²) in [5, 5.41) is 8.86. The highest BCUT2D eigenvalue weighted by Crippen LogP contribution is 2.13. The minimum atomic E-state index is -0.885. The summed E-state index contributed by atoms with van der Waals surface area (Å²) in [6, 6.07) is 4.91. The lowest BCUT2D eigenvalue weighted by atomic mass is 10.1. The quantitative estimate of drug-likeness (QED) is 0.847. The zero-order chi connectivity index (χ0) is 13.7. The van der Waals surface area contributed by atoms with E-state index in [0.717, 1.165) is 5.56 Å². The Labute approximate surface area is 107 Å². The SMILES string of the molecule is Cc1ccc(F)c(CN(CC(=O)O)CC(C)C)c1. The molecule has 0 spiro atoms. The summed E-state index contributed by atoms with van der Waals surface area (Å²) in [6.07, 6.45) is 0. The first kappa shape index (κ1) is 14.6. The normalized spacial score (nSPS) is 11.2. The van der Waals surface area contributed by atoms with E-state index < -0.39 is 5.97 Å². The second-order valence-electron chi connectivity index (χ2n) is 5.05. The van der Waals surface area contributed by atoms with Gasteiger partial charge in [-0.05, 0) is 18.9 Å². The number of carboxylic acids is 1. The van der Waals surface area contributed by atoms with Gasteiger partial charge in [-0.1, -0.05) is 31.5 Å². The first-order valence-corrected chi connectivity index (χ1v) is 6.07. The Hall–Kier alpha value is -1.42. The molecule has 0 saturated heterocycles. The largest absolute Gasteiger partial charge is 0.480 e. The highest BCUT2D eigenvalue weighted by molar-refractivity contribution is 5.69. The number of benzene rings is 1. The van der Waals surface area contributed by atoms with Crippen LogP contribution in [0.3, 0.4) is 0 Å². The fourth-order valence-electron chi connectivity index (χ4n) is 1.96. The van der Waals surface area contributed by atoms with Gasteiger partial charge in [0.05, 0.1) is 6.54 Å². The van der Waals surface area contributed by atoms with Crippen LogP contribution in [-0.4, -0.2) is 29.1 Å². The highest BCUT2D eigenvalue weighted by atomic mass is 19.1. The van der Waals surface area contributed by atoms with Crippen LogP contribution >= 0.6 is 0 Å². The Morgan fingerprint density at radius 3 is 2.67 bits per heavy atom. The molecule has 4 heteroatoms. The number of hydrogen-bond acceptors (Lipinski definition) is 2. The number of aryl methyl sites for hydroxylation is 1. The molecule has 100 valence electrons. The highest BCUT2D eigenvalue weighted by Gasteiger charge is 2.14. The van der Waals surface area contributed by atoms with Gasteiger partial charge in [-0.15, -0.1) is 0 Å². The van der Waals surface area contributed by atoms with Gasteiger partial charge in [-0.2, -0.15) is 0 Å². The number of carboxylic acid groups (broad SMARTS) is 1. The number of halogens is 1. The molecule has 1 aromatic rings. The van der Waals surface area contributed by atoms with Gasteiger partial charge in [0.15, 0.2) is 0 Å². The maximum Gasteiger partial charge on any atom is 0.317 e. The summed E-state index contributed by atoms with van der Waals surface area (Å²) in [5.74, 6) is -0.819. The van der Waals surface area contributed by atoms with E-state index in [1.807, 2.05) is 20.8 Å². The third-order valence-corrected chi connectivity index (χ3v) is 2.58. The molecule has 3 nitrogen and oxygen atoms in total. The summed E-state index contributed by atoms with van der Waals surface area (Å²) in [4.78, 5) is 12.6. The molecular formula is C14H20FNO2. The molecule has 0 aliphatic heterocycles. The molecule has 0 atom stereocenters. The predicted molar refractivity (Wildman–Crippen MR) is 68.9 cm³/mol. The zero-order valence-corrected chi connectivity index (χ0v) is 11.1. The maximum absolute atomic E-state index is 13.6. The lowest BCUT2D eigenvalue weighted by Gasteiger charge is -2.22. The fourth-order valence-corrected chi connectivity index (χ4v) is 1.96. The molecule has 0 saturated carbocycles. The Kier molecular flexibility index (Phi) is 5.28. The third kappa shape index (κ3) is 4.84. The zero-order valence-electron chi connectivity index (χ0n) is 11.1. The molecule has 1 aromatic carbocycles. The van der Waals surface area contributed by atoms with Crippen molar-refractivity contribution in [2.75, 3.05) is 13.1 Å². The van der Waals surface area contributed by atoms with Gasteiger partial charge in [0, 0.05) is 18.7 Å². The summed E-state index contributed by atoms with van der Waals surface area (Å²) in [7, 11) is 0. The van der Waals surface area contributed by atoms with Crippen LogP contribution in [0.4, 0.5) is 4.39 Å². The van der Waals surface area contributed by atoms with Gasteiger partial charge >= 0.3 is 5.97 Å². The van der Waals surface area contributed by atoms with Crippen molar-refractivity contribution in [3.05, 3.63) is 35.1 Å². The van der Waals surface area contributed by atoms with Gasteiger partial charge in [-0.25, -0.2) is 4.39 Å². The van der Waals surface area contributed by atoms with Gasteiger partial charge in [0.2, 0.25) is 0 Å². The summed E-state index contributed by atoms with van der Waals surface area (Å²) < 4.78 is 13.6. The molecule has 0 aliphatic rings. The molecule has 0 fully saturated rings. The molecule has 0 heterocycles. The predicted octanol–water partition coefficient (Wildman–Crippen LogP) is 2.68. The molecule has 0 amide bonds. The van der Waals surface area contributed by atoms with Crippen LogP contribution in [0.1, 0.15) is 25.0 Å². The Morgan fingerprint density at radius 1 is 1.44 bits per heavy atom. The number of hydrogen-bond donors (Lipinski definition) is 1. The molecular weight excluding hydrogens is 233 g/mol. The molecule has 0 aliphatic carbocycles. The van der Waals surface area contributed by atoms with E-state index in [2.05, 4.69) is 0 Å². The molecule has 18 heavy (non-hydrogen) atoms. The van der Waals surface area contributed by atoms with Gasteiger partial charge in [0.1, 0.15) is 5.82 Å². The van der Waals surface area contributed by atoms with Crippen molar-refractivity contribution >= 4 is 5.97 Å². The van der Waals surface area contributed by atoms with E-state index >= 15 is 0 Å². The van der Waals surface area contributed by atoms with Crippen molar-refractivity contribution in [2.45, 2.75) is 27.3 Å². The lowest BCUT2D eigenvalue weighted by molar-refractivity contribution is -0.138. The number of carbonyl (C=O) groups is 1. The van der Waals surface area contributed by atoms with Crippen LogP contribution in [0, 0.1) is 18.7 Å². The summed E-state index contributed by atoms with van der Waals surface area (Å²) in [6.45, 7) is 6.83. The van der Waals surface area contributed by atoms with Crippen LogP contribution in [-0.2, 0) is 11.3 Å². The van der Waals surface area contributed by atoms with Gasteiger partial charge in [0.25, 0.3) is 0 Å². The first-order valence-electron chi connectivity index (χ1n) is 6.07.